The first kappa shape index (κ1) is 16.0. The van der Waals surface area contributed by atoms with Gasteiger partial charge in [-0.1, -0.05) is 17.7 Å². The predicted molar refractivity (Wildman–Crippen MR) is 95.5 cm³/mol. The van der Waals surface area contributed by atoms with E-state index in [9.17, 15) is 4.79 Å². The zero-order valence-electron chi connectivity index (χ0n) is 13.9. The van der Waals surface area contributed by atoms with Crippen molar-refractivity contribution >= 4 is 28.1 Å². The Labute approximate surface area is 141 Å². The second-order valence-corrected chi connectivity index (χ2v) is 7.61. The van der Waals surface area contributed by atoms with Crippen molar-refractivity contribution in [3.63, 3.8) is 0 Å². The average molecular weight is 329 g/mol. The maximum Gasteiger partial charge on any atom is 0.273 e. The second-order valence-electron chi connectivity index (χ2n) is 6.76. The van der Waals surface area contributed by atoms with E-state index in [0.717, 1.165) is 30.2 Å². The summed E-state index contributed by atoms with van der Waals surface area (Å²) in [5.41, 5.74) is 2.67. The number of carbonyl (C=O) groups is 1. The van der Waals surface area contributed by atoms with Crippen LogP contribution in [0.2, 0.25) is 0 Å². The Kier molecular flexibility index (Phi) is 4.39. The Morgan fingerprint density at radius 2 is 2.00 bits per heavy atom. The van der Waals surface area contributed by atoms with Crippen LogP contribution >= 0.6 is 11.3 Å². The van der Waals surface area contributed by atoms with E-state index in [1.54, 1.807) is 0 Å². The zero-order chi connectivity index (χ0) is 16.4. The van der Waals surface area contributed by atoms with Gasteiger partial charge in [-0.05, 0) is 52.2 Å². The first-order valence-corrected chi connectivity index (χ1v) is 8.95. The van der Waals surface area contributed by atoms with Gasteiger partial charge in [-0.2, -0.15) is 0 Å². The van der Waals surface area contributed by atoms with Crippen LogP contribution in [0.5, 0.6) is 0 Å². The number of likely N-dealkylation sites (tertiary alicyclic amines) is 1. The molecule has 2 aromatic rings. The lowest BCUT2D eigenvalue weighted by Gasteiger charge is -2.42. The molecule has 1 fully saturated rings. The largest absolute Gasteiger partial charge is 0.332 e. The summed E-state index contributed by atoms with van der Waals surface area (Å²) in [6, 6.07) is 8.15. The van der Waals surface area contributed by atoms with Crippen molar-refractivity contribution in [3.05, 3.63) is 40.9 Å². The summed E-state index contributed by atoms with van der Waals surface area (Å²) in [6.45, 7) is 7.16. The molecule has 1 aromatic carbocycles. The molecule has 1 amide bonds. The van der Waals surface area contributed by atoms with Gasteiger partial charge in [0.15, 0.2) is 5.13 Å². The van der Waals surface area contributed by atoms with Gasteiger partial charge >= 0.3 is 0 Å². The minimum Gasteiger partial charge on any atom is -0.332 e. The Balaban J connectivity index is 1.73. The van der Waals surface area contributed by atoms with E-state index < -0.39 is 0 Å². The predicted octanol–water partition coefficient (Wildman–Crippen LogP) is 4.60. The van der Waals surface area contributed by atoms with Crippen LogP contribution in [0.4, 0.5) is 10.8 Å². The number of rotatable bonds is 3. The summed E-state index contributed by atoms with van der Waals surface area (Å²) in [5.74, 6) is 0.0444. The van der Waals surface area contributed by atoms with Crippen molar-refractivity contribution in [2.24, 2.45) is 0 Å². The number of nitrogens with zero attached hydrogens (tertiary/aromatic N) is 2. The monoisotopic (exact) mass is 329 g/mol. The number of amides is 1. The van der Waals surface area contributed by atoms with Crippen molar-refractivity contribution in [2.75, 3.05) is 11.9 Å². The Morgan fingerprint density at radius 3 is 2.70 bits per heavy atom. The number of aryl methyl sites for hydroxylation is 1. The van der Waals surface area contributed by atoms with Gasteiger partial charge in [0.25, 0.3) is 5.91 Å². The van der Waals surface area contributed by atoms with Gasteiger partial charge in [0, 0.05) is 23.2 Å². The summed E-state index contributed by atoms with van der Waals surface area (Å²) in [5, 5.41) is 5.87. The zero-order valence-corrected chi connectivity index (χ0v) is 14.7. The number of carbonyl (C=O) groups excluding carboxylic acids is 1. The summed E-state index contributed by atoms with van der Waals surface area (Å²) in [6.07, 6.45) is 3.32. The van der Waals surface area contributed by atoms with Crippen molar-refractivity contribution in [3.8, 4) is 0 Å². The Morgan fingerprint density at radius 1 is 1.26 bits per heavy atom. The summed E-state index contributed by atoms with van der Waals surface area (Å²) in [7, 11) is 0. The van der Waals surface area contributed by atoms with Gasteiger partial charge in [0.05, 0.1) is 0 Å². The van der Waals surface area contributed by atoms with Crippen LogP contribution in [-0.4, -0.2) is 27.9 Å². The van der Waals surface area contributed by atoms with Crippen molar-refractivity contribution in [2.45, 2.75) is 45.6 Å². The van der Waals surface area contributed by atoms with Gasteiger partial charge in [0.1, 0.15) is 5.69 Å². The van der Waals surface area contributed by atoms with Crippen molar-refractivity contribution < 1.29 is 4.79 Å². The number of hydrogen-bond acceptors (Lipinski definition) is 4. The number of thiazole rings is 1. The van der Waals surface area contributed by atoms with Gasteiger partial charge in [-0.3, -0.25) is 4.79 Å². The van der Waals surface area contributed by atoms with Gasteiger partial charge in [-0.25, -0.2) is 4.98 Å². The standard InChI is InChI=1S/C18H23N3OS/c1-13-6-8-14(9-7-13)19-17-20-15(12-23-17)16(22)21-11-5-4-10-18(21,2)3/h6-9,12H,4-5,10-11H2,1-3H3,(H,19,20). The molecule has 1 aromatic heterocycles. The minimum atomic E-state index is -0.0799. The molecule has 23 heavy (non-hydrogen) atoms. The molecule has 1 N–H and O–H groups in total. The molecule has 0 spiro atoms. The molecule has 1 saturated heterocycles. The molecule has 0 bridgehead atoms. The van der Waals surface area contributed by atoms with Gasteiger partial charge in [0.2, 0.25) is 0 Å². The lowest BCUT2D eigenvalue weighted by atomic mass is 9.90. The molecular weight excluding hydrogens is 306 g/mol. The smallest absolute Gasteiger partial charge is 0.273 e. The normalized spacial score (nSPS) is 17.1. The van der Waals surface area contributed by atoms with Crippen molar-refractivity contribution in [1.29, 1.82) is 0 Å². The highest BCUT2D eigenvalue weighted by molar-refractivity contribution is 7.14. The fourth-order valence-corrected chi connectivity index (χ4v) is 3.67. The molecule has 1 aliphatic heterocycles. The van der Waals surface area contributed by atoms with Crippen LogP contribution in [0.25, 0.3) is 0 Å². The lowest BCUT2D eigenvalue weighted by molar-refractivity contribution is 0.0428. The van der Waals surface area contributed by atoms with E-state index in [1.807, 2.05) is 22.4 Å². The highest BCUT2D eigenvalue weighted by Gasteiger charge is 2.34. The van der Waals surface area contributed by atoms with Crippen LogP contribution in [0, 0.1) is 6.92 Å². The summed E-state index contributed by atoms with van der Waals surface area (Å²) < 4.78 is 0. The Hall–Kier alpha value is -1.88. The number of anilines is 2. The summed E-state index contributed by atoms with van der Waals surface area (Å²) in [4.78, 5) is 19.2. The van der Waals surface area contributed by atoms with Crippen LogP contribution < -0.4 is 5.32 Å². The molecule has 1 aliphatic rings. The fourth-order valence-electron chi connectivity index (χ4n) is 2.97. The molecule has 0 radical (unpaired) electrons. The minimum absolute atomic E-state index is 0.0444. The van der Waals surface area contributed by atoms with E-state index in [2.05, 4.69) is 43.2 Å². The molecular formula is C18H23N3OS. The molecule has 122 valence electrons. The molecule has 0 atom stereocenters. The molecule has 0 aliphatic carbocycles. The van der Waals surface area contributed by atoms with E-state index >= 15 is 0 Å². The van der Waals surface area contributed by atoms with Crippen LogP contribution in [-0.2, 0) is 0 Å². The molecule has 0 unspecified atom stereocenters. The maximum absolute atomic E-state index is 12.8. The van der Waals surface area contributed by atoms with Crippen LogP contribution in [0.15, 0.2) is 29.6 Å². The maximum atomic E-state index is 12.8. The number of hydrogen-bond donors (Lipinski definition) is 1. The molecule has 3 rings (SSSR count). The lowest BCUT2D eigenvalue weighted by Crippen LogP contribution is -2.50. The topological polar surface area (TPSA) is 45.2 Å². The fraction of sp³-hybridized carbons (Fsp3) is 0.444. The van der Waals surface area contributed by atoms with E-state index in [1.165, 1.54) is 23.3 Å². The Bertz CT molecular complexity index is 691. The average Bonchev–Trinajstić information content (AvgIpc) is 2.97. The van der Waals surface area contributed by atoms with E-state index in [4.69, 9.17) is 0 Å². The van der Waals surface area contributed by atoms with E-state index in [-0.39, 0.29) is 11.4 Å². The van der Waals surface area contributed by atoms with Crippen LogP contribution in [0.1, 0.15) is 49.2 Å². The van der Waals surface area contributed by atoms with Gasteiger partial charge in [-0.15, -0.1) is 11.3 Å². The highest BCUT2D eigenvalue weighted by Crippen LogP contribution is 2.30. The highest BCUT2D eigenvalue weighted by atomic mass is 32.1. The molecule has 5 heteroatoms. The third-order valence-corrected chi connectivity index (χ3v) is 5.18. The van der Waals surface area contributed by atoms with Gasteiger partial charge < -0.3 is 10.2 Å². The molecule has 4 nitrogen and oxygen atoms in total. The van der Waals surface area contributed by atoms with E-state index in [0.29, 0.717) is 5.69 Å². The third-order valence-electron chi connectivity index (χ3n) is 4.42. The molecule has 2 heterocycles. The first-order chi connectivity index (χ1) is 11.0. The SMILES string of the molecule is Cc1ccc(Nc2nc(C(=O)N3CCCCC3(C)C)cs2)cc1. The molecule has 0 saturated carbocycles. The number of aromatic nitrogens is 1. The summed E-state index contributed by atoms with van der Waals surface area (Å²) >= 11 is 1.47. The number of piperidine rings is 1. The number of benzene rings is 1. The quantitative estimate of drug-likeness (QED) is 0.895. The first-order valence-electron chi connectivity index (χ1n) is 8.07. The third kappa shape index (κ3) is 3.55. The van der Waals surface area contributed by atoms with Crippen molar-refractivity contribution in [1.82, 2.24) is 9.88 Å². The number of nitrogens with one attached hydrogen (secondary N) is 1. The second kappa shape index (κ2) is 6.32. The van der Waals surface area contributed by atoms with Crippen LogP contribution in [0.3, 0.4) is 0 Å².